The number of likely N-dealkylation sites (tertiary alicyclic amines) is 1. The fourth-order valence-corrected chi connectivity index (χ4v) is 3.01. The van der Waals surface area contributed by atoms with Crippen LogP contribution in [-0.2, 0) is 0 Å². The van der Waals surface area contributed by atoms with Crippen molar-refractivity contribution < 1.29 is 0 Å². The second-order valence-corrected chi connectivity index (χ2v) is 6.49. The van der Waals surface area contributed by atoms with Crippen LogP contribution in [0.25, 0.3) is 0 Å². The fourth-order valence-electron chi connectivity index (χ4n) is 3.01. The minimum atomic E-state index is -0.345. The van der Waals surface area contributed by atoms with Gasteiger partial charge < -0.3 is 4.90 Å². The highest BCUT2D eigenvalue weighted by atomic mass is 15.2. The first-order chi connectivity index (χ1) is 9.00. The Kier molecular flexibility index (Phi) is 6.82. The molecule has 1 fully saturated rings. The summed E-state index contributed by atoms with van der Waals surface area (Å²) < 4.78 is 0. The van der Waals surface area contributed by atoms with Gasteiger partial charge in [0.2, 0.25) is 0 Å². The highest BCUT2D eigenvalue weighted by Crippen LogP contribution is 2.23. The van der Waals surface area contributed by atoms with Crippen molar-refractivity contribution in [2.24, 2.45) is 5.92 Å². The van der Waals surface area contributed by atoms with E-state index < -0.39 is 0 Å². The van der Waals surface area contributed by atoms with E-state index in [0.717, 1.165) is 38.3 Å². The maximum Gasteiger partial charge on any atom is 0.103 e. The van der Waals surface area contributed by atoms with E-state index in [-0.39, 0.29) is 5.54 Å². The van der Waals surface area contributed by atoms with E-state index in [1.807, 2.05) is 6.92 Å². The Morgan fingerprint density at radius 3 is 2.74 bits per heavy atom. The quantitative estimate of drug-likeness (QED) is 0.768. The molecule has 0 radical (unpaired) electrons. The Morgan fingerprint density at radius 1 is 1.42 bits per heavy atom. The molecule has 0 amide bonds. The Hall–Kier alpha value is -0.590. The lowest BCUT2D eigenvalue weighted by molar-refractivity contribution is 0.125. The van der Waals surface area contributed by atoms with Crippen molar-refractivity contribution in [2.75, 3.05) is 19.6 Å². The number of hydrogen-bond acceptors (Lipinski definition) is 3. The zero-order chi connectivity index (χ0) is 14.3. The number of nitrogens with one attached hydrogen (secondary N) is 1. The molecule has 1 saturated heterocycles. The van der Waals surface area contributed by atoms with Crippen molar-refractivity contribution >= 4 is 0 Å². The van der Waals surface area contributed by atoms with Crippen molar-refractivity contribution in [1.82, 2.24) is 10.2 Å². The number of hydrogen-bond donors (Lipinski definition) is 1. The Bertz CT molecular complexity index is 297. The first-order valence-corrected chi connectivity index (χ1v) is 7.91. The van der Waals surface area contributed by atoms with Gasteiger partial charge in [0.25, 0.3) is 0 Å². The van der Waals surface area contributed by atoms with Crippen LogP contribution in [0.1, 0.15) is 59.8 Å². The summed E-state index contributed by atoms with van der Waals surface area (Å²) in [6.07, 6.45) is 5.79. The summed E-state index contributed by atoms with van der Waals surface area (Å²) in [5.74, 6) is 0.877. The molecule has 1 heterocycles. The Labute approximate surface area is 119 Å². The van der Waals surface area contributed by atoms with Gasteiger partial charge in [-0.2, -0.15) is 5.26 Å². The van der Waals surface area contributed by atoms with E-state index in [0.29, 0.717) is 6.04 Å². The maximum atomic E-state index is 9.31. The first kappa shape index (κ1) is 16.5. The van der Waals surface area contributed by atoms with Crippen LogP contribution >= 0.6 is 0 Å². The summed E-state index contributed by atoms with van der Waals surface area (Å²) >= 11 is 0. The average molecular weight is 265 g/mol. The molecule has 0 aromatic heterocycles. The second-order valence-electron chi connectivity index (χ2n) is 6.49. The molecule has 3 nitrogen and oxygen atoms in total. The molecule has 0 aromatic carbocycles. The van der Waals surface area contributed by atoms with E-state index >= 15 is 0 Å². The van der Waals surface area contributed by atoms with Crippen molar-refractivity contribution in [1.29, 1.82) is 5.26 Å². The summed E-state index contributed by atoms with van der Waals surface area (Å²) in [5.41, 5.74) is -0.345. The molecular formula is C16H31N3. The van der Waals surface area contributed by atoms with Gasteiger partial charge in [0, 0.05) is 6.04 Å². The predicted octanol–water partition coefficient (Wildman–Crippen LogP) is 3.17. The van der Waals surface area contributed by atoms with Gasteiger partial charge in [0.1, 0.15) is 5.54 Å². The van der Waals surface area contributed by atoms with Crippen molar-refractivity contribution in [3.05, 3.63) is 0 Å². The van der Waals surface area contributed by atoms with Gasteiger partial charge in [-0.25, -0.2) is 0 Å². The van der Waals surface area contributed by atoms with Crippen molar-refractivity contribution in [3.63, 3.8) is 0 Å². The summed E-state index contributed by atoms with van der Waals surface area (Å²) in [6, 6.07) is 3.15. The predicted molar refractivity (Wildman–Crippen MR) is 81.0 cm³/mol. The van der Waals surface area contributed by atoms with Gasteiger partial charge in [-0.3, -0.25) is 5.32 Å². The molecule has 19 heavy (non-hydrogen) atoms. The van der Waals surface area contributed by atoms with Crippen LogP contribution in [0.5, 0.6) is 0 Å². The third-order valence-corrected chi connectivity index (χ3v) is 4.41. The lowest BCUT2D eigenvalue weighted by Gasteiger charge is -2.37. The highest BCUT2D eigenvalue weighted by molar-refractivity contribution is 5.03. The maximum absolute atomic E-state index is 9.31. The first-order valence-electron chi connectivity index (χ1n) is 7.91. The van der Waals surface area contributed by atoms with E-state index in [1.165, 1.54) is 19.4 Å². The lowest BCUT2D eigenvalue weighted by atomic mass is 9.92. The van der Waals surface area contributed by atoms with Crippen LogP contribution in [-0.4, -0.2) is 36.1 Å². The fraction of sp³-hybridized carbons (Fsp3) is 0.938. The topological polar surface area (TPSA) is 39.1 Å². The molecular weight excluding hydrogens is 234 g/mol. The van der Waals surface area contributed by atoms with Crippen molar-refractivity contribution in [2.45, 2.75) is 71.4 Å². The van der Waals surface area contributed by atoms with Gasteiger partial charge in [-0.15, -0.1) is 0 Å². The zero-order valence-corrected chi connectivity index (χ0v) is 13.2. The van der Waals surface area contributed by atoms with E-state index in [4.69, 9.17) is 0 Å². The third kappa shape index (κ3) is 5.50. The second kappa shape index (κ2) is 7.87. The number of nitrogens with zero attached hydrogens (tertiary/aromatic N) is 2. The molecule has 3 heteroatoms. The Morgan fingerprint density at radius 2 is 2.16 bits per heavy atom. The lowest BCUT2D eigenvalue weighted by Crippen LogP contribution is -2.44. The third-order valence-electron chi connectivity index (χ3n) is 4.41. The molecule has 3 unspecified atom stereocenters. The zero-order valence-electron chi connectivity index (χ0n) is 13.2. The van der Waals surface area contributed by atoms with Gasteiger partial charge in [0.05, 0.1) is 6.07 Å². The highest BCUT2D eigenvalue weighted by Gasteiger charge is 2.25. The summed E-state index contributed by atoms with van der Waals surface area (Å²) in [6.45, 7) is 12.2. The molecule has 0 saturated carbocycles. The minimum absolute atomic E-state index is 0.345. The molecule has 1 aliphatic rings. The molecule has 1 aliphatic heterocycles. The summed E-state index contributed by atoms with van der Waals surface area (Å²) in [5, 5.41) is 12.7. The van der Waals surface area contributed by atoms with Gasteiger partial charge in [0.15, 0.2) is 0 Å². The molecule has 0 bridgehead atoms. The molecule has 0 aromatic rings. The minimum Gasteiger partial charge on any atom is -0.301 e. The van der Waals surface area contributed by atoms with Crippen molar-refractivity contribution in [3.8, 4) is 6.07 Å². The molecule has 1 N–H and O–H groups in total. The largest absolute Gasteiger partial charge is 0.301 e. The molecule has 0 spiro atoms. The molecule has 3 atom stereocenters. The van der Waals surface area contributed by atoms with E-state index in [2.05, 4.69) is 37.1 Å². The standard InChI is InChI=1S/C16H31N3/c1-5-9-18-16(4,13-17)8-6-10-19-11-7-14(2)12-15(19)3/h14-15,18H,5-12H2,1-4H3. The van der Waals surface area contributed by atoms with E-state index in [9.17, 15) is 5.26 Å². The normalized spacial score (nSPS) is 27.7. The molecule has 1 rings (SSSR count). The van der Waals surface area contributed by atoms with Gasteiger partial charge in [-0.05, 0) is 71.5 Å². The molecule has 0 aliphatic carbocycles. The Balaban J connectivity index is 2.30. The number of rotatable bonds is 7. The summed E-state index contributed by atoms with van der Waals surface area (Å²) in [4.78, 5) is 2.59. The van der Waals surface area contributed by atoms with Crippen LogP contribution in [0.2, 0.25) is 0 Å². The smallest absolute Gasteiger partial charge is 0.103 e. The number of piperidine rings is 1. The van der Waals surface area contributed by atoms with Gasteiger partial charge in [-0.1, -0.05) is 13.8 Å². The van der Waals surface area contributed by atoms with Crippen LogP contribution in [0.4, 0.5) is 0 Å². The summed E-state index contributed by atoms with van der Waals surface area (Å²) in [7, 11) is 0. The van der Waals surface area contributed by atoms with Gasteiger partial charge >= 0.3 is 0 Å². The van der Waals surface area contributed by atoms with Crippen LogP contribution in [0.15, 0.2) is 0 Å². The van der Waals surface area contributed by atoms with Crippen LogP contribution in [0.3, 0.4) is 0 Å². The van der Waals surface area contributed by atoms with Crippen LogP contribution in [0, 0.1) is 17.2 Å². The SMILES string of the molecule is CCCNC(C)(C#N)CCCN1CCC(C)CC1C. The van der Waals surface area contributed by atoms with E-state index in [1.54, 1.807) is 0 Å². The molecule has 110 valence electrons. The van der Waals surface area contributed by atoms with Crippen LogP contribution < -0.4 is 5.32 Å². The number of nitriles is 1. The average Bonchev–Trinajstić information content (AvgIpc) is 2.39. The monoisotopic (exact) mass is 265 g/mol.